The van der Waals surface area contributed by atoms with Crippen molar-refractivity contribution in [3.05, 3.63) is 41.7 Å². The summed E-state index contributed by atoms with van der Waals surface area (Å²) in [7, 11) is 2.76. The van der Waals surface area contributed by atoms with Crippen LogP contribution in [0, 0.1) is 0 Å². The second-order valence-electron chi connectivity index (χ2n) is 4.38. The van der Waals surface area contributed by atoms with Gasteiger partial charge in [0.2, 0.25) is 0 Å². The summed E-state index contributed by atoms with van der Waals surface area (Å²) >= 11 is 0. The lowest BCUT2D eigenvalue weighted by atomic mass is 10.0. The van der Waals surface area contributed by atoms with Gasteiger partial charge in [-0.3, -0.25) is 4.79 Å². The molecule has 0 saturated carbocycles. The van der Waals surface area contributed by atoms with E-state index in [-0.39, 0.29) is 24.4 Å². The molecule has 1 aromatic carbocycles. The van der Waals surface area contributed by atoms with Crippen molar-refractivity contribution < 1.29 is 23.9 Å². The molecule has 0 aliphatic rings. The molecule has 0 aliphatic carbocycles. The standard InChI is InChI=1S/C16H19NO5/c1-12(18)8-9-17-22-10-13-6-4-5-7-14(13)15(11-20-2)16(19)21-3/h4-7,9,11H,8,10H2,1-3H3. The number of ketones is 1. The number of oxime groups is 1. The first-order chi connectivity index (χ1) is 10.6. The van der Waals surface area contributed by atoms with Gasteiger partial charge < -0.3 is 14.3 Å². The molecule has 6 heteroatoms. The van der Waals surface area contributed by atoms with Crippen molar-refractivity contribution in [3.8, 4) is 0 Å². The second kappa shape index (κ2) is 9.33. The maximum Gasteiger partial charge on any atom is 0.341 e. The maximum absolute atomic E-state index is 11.8. The normalized spacial score (nSPS) is 11.3. The van der Waals surface area contributed by atoms with Crippen molar-refractivity contribution in [2.75, 3.05) is 14.2 Å². The molecule has 0 aromatic heterocycles. The first-order valence-electron chi connectivity index (χ1n) is 6.63. The molecule has 0 spiro atoms. The molecule has 0 heterocycles. The van der Waals surface area contributed by atoms with E-state index in [4.69, 9.17) is 14.3 Å². The summed E-state index contributed by atoms with van der Waals surface area (Å²) in [6, 6.07) is 7.19. The van der Waals surface area contributed by atoms with Crippen molar-refractivity contribution in [3.63, 3.8) is 0 Å². The third-order valence-corrected chi connectivity index (χ3v) is 2.70. The number of Topliss-reactive ketones (excluding diaryl/α,β-unsaturated/α-hetero) is 1. The van der Waals surface area contributed by atoms with E-state index >= 15 is 0 Å². The molecule has 22 heavy (non-hydrogen) atoms. The SMILES string of the molecule is COC=C(C(=O)OC)c1ccccc1CON=CCC(C)=O. The van der Waals surface area contributed by atoms with Crippen LogP contribution < -0.4 is 0 Å². The quantitative estimate of drug-likeness (QED) is 0.242. The molecule has 0 unspecified atom stereocenters. The van der Waals surface area contributed by atoms with Crippen LogP contribution in [0.4, 0.5) is 0 Å². The number of hydrogen-bond acceptors (Lipinski definition) is 6. The Kier molecular flexibility index (Phi) is 7.39. The van der Waals surface area contributed by atoms with Crippen LogP contribution in [0.25, 0.3) is 5.57 Å². The van der Waals surface area contributed by atoms with Crippen molar-refractivity contribution >= 4 is 23.5 Å². The van der Waals surface area contributed by atoms with Gasteiger partial charge in [-0.05, 0) is 12.5 Å². The molecular formula is C16H19NO5. The van der Waals surface area contributed by atoms with Gasteiger partial charge in [0.05, 0.1) is 26.7 Å². The Balaban J connectivity index is 2.89. The zero-order valence-electron chi connectivity index (χ0n) is 12.9. The van der Waals surface area contributed by atoms with Crippen LogP contribution in [0.3, 0.4) is 0 Å². The molecule has 0 atom stereocenters. The summed E-state index contributed by atoms with van der Waals surface area (Å²) < 4.78 is 9.68. The van der Waals surface area contributed by atoms with E-state index in [1.54, 1.807) is 12.1 Å². The topological polar surface area (TPSA) is 74.2 Å². The van der Waals surface area contributed by atoms with Gasteiger partial charge in [-0.25, -0.2) is 4.79 Å². The molecule has 6 nitrogen and oxygen atoms in total. The fourth-order valence-electron chi connectivity index (χ4n) is 1.68. The van der Waals surface area contributed by atoms with E-state index in [1.807, 2.05) is 12.1 Å². The summed E-state index contributed by atoms with van der Waals surface area (Å²) in [5, 5.41) is 3.71. The van der Waals surface area contributed by atoms with Crippen molar-refractivity contribution in [1.82, 2.24) is 0 Å². The molecule has 118 valence electrons. The fourth-order valence-corrected chi connectivity index (χ4v) is 1.68. The average Bonchev–Trinajstić information content (AvgIpc) is 2.52. The Labute approximate surface area is 129 Å². The Morgan fingerprint density at radius 3 is 2.59 bits per heavy atom. The van der Waals surface area contributed by atoms with Gasteiger partial charge in [0, 0.05) is 12.0 Å². The largest absolute Gasteiger partial charge is 0.503 e. The van der Waals surface area contributed by atoms with E-state index in [2.05, 4.69) is 5.16 Å². The molecular weight excluding hydrogens is 286 g/mol. The Bertz CT molecular complexity index is 578. The number of esters is 1. The first-order valence-corrected chi connectivity index (χ1v) is 6.63. The van der Waals surface area contributed by atoms with E-state index in [1.165, 1.54) is 33.6 Å². The second-order valence-corrected chi connectivity index (χ2v) is 4.38. The van der Waals surface area contributed by atoms with E-state index in [0.717, 1.165) is 5.56 Å². The number of methoxy groups -OCH3 is 2. The molecule has 0 aliphatic heterocycles. The number of benzene rings is 1. The Morgan fingerprint density at radius 1 is 1.23 bits per heavy atom. The average molecular weight is 305 g/mol. The molecule has 1 rings (SSSR count). The predicted octanol–water partition coefficient (Wildman–Crippen LogP) is 2.33. The number of ether oxygens (including phenoxy) is 2. The van der Waals surface area contributed by atoms with Crippen LogP contribution in [0.1, 0.15) is 24.5 Å². The van der Waals surface area contributed by atoms with E-state index in [9.17, 15) is 9.59 Å². The number of carbonyl (C=O) groups is 2. The highest BCUT2D eigenvalue weighted by Gasteiger charge is 2.16. The van der Waals surface area contributed by atoms with Crippen LogP contribution in [-0.2, 0) is 30.5 Å². The third kappa shape index (κ3) is 5.40. The molecule has 0 bridgehead atoms. The van der Waals surface area contributed by atoms with Crippen LogP contribution >= 0.6 is 0 Å². The zero-order chi connectivity index (χ0) is 16.4. The highest BCUT2D eigenvalue weighted by molar-refractivity contribution is 6.16. The van der Waals surface area contributed by atoms with Crippen molar-refractivity contribution in [2.45, 2.75) is 20.0 Å². The summed E-state index contributed by atoms with van der Waals surface area (Å²) in [6.07, 6.45) is 2.94. The van der Waals surface area contributed by atoms with Gasteiger partial charge in [-0.15, -0.1) is 0 Å². The highest BCUT2D eigenvalue weighted by atomic mass is 16.6. The predicted molar refractivity (Wildman–Crippen MR) is 82.0 cm³/mol. The summed E-state index contributed by atoms with van der Waals surface area (Å²) in [5.74, 6) is -0.502. The van der Waals surface area contributed by atoms with Crippen LogP contribution in [0.2, 0.25) is 0 Å². The molecule has 0 saturated heterocycles. The monoisotopic (exact) mass is 305 g/mol. The Morgan fingerprint density at radius 2 is 1.95 bits per heavy atom. The number of rotatable bonds is 8. The molecule has 0 N–H and O–H groups in total. The van der Waals surface area contributed by atoms with Gasteiger partial charge in [-0.1, -0.05) is 29.4 Å². The summed E-state index contributed by atoms with van der Waals surface area (Å²) in [6.45, 7) is 1.63. The number of nitrogens with zero attached hydrogens (tertiary/aromatic N) is 1. The van der Waals surface area contributed by atoms with E-state index in [0.29, 0.717) is 5.56 Å². The third-order valence-electron chi connectivity index (χ3n) is 2.70. The zero-order valence-corrected chi connectivity index (χ0v) is 12.9. The first kappa shape index (κ1) is 17.4. The summed E-state index contributed by atoms with van der Waals surface area (Å²) in [5.41, 5.74) is 1.67. The van der Waals surface area contributed by atoms with Gasteiger partial charge in [-0.2, -0.15) is 0 Å². The van der Waals surface area contributed by atoms with Crippen LogP contribution in [-0.4, -0.2) is 32.2 Å². The maximum atomic E-state index is 11.8. The lowest BCUT2D eigenvalue weighted by Gasteiger charge is -2.10. The van der Waals surface area contributed by atoms with Crippen LogP contribution in [0.5, 0.6) is 0 Å². The number of carbonyl (C=O) groups excluding carboxylic acids is 2. The highest BCUT2D eigenvalue weighted by Crippen LogP contribution is 2.21. The smallest absolute Gasteiger partial charge is 0.341 e. The lowest BCUT2D eigenvalue weighted by molar-refractivity contribution is -0.133. The van der Waals surface area contributed by atoms with Gasteiger partial charge in [0.25, 0.3) is 0 Å². The fraction of sp³-hybridized carbons (Fsp3) is 0.312. The van der Waals surface area contributed by atoms with E-state index < -0.39 is 5.97 Å². The minimum atomic E-state index is -0.505. The van der Waals surface area contributed by atoms with Gasteiger partial charge in [0.1, 0.15) is 18.0 Å². The minimum absolute atomic E-state index is 0.00348. The molecule has 1 aromatic rings. The van der Waals surface area contributed by atoms with Crippen molar-refractivity contribution in [1.29, 1.82) is 0 Å². The minimum Gasteiger partial charge on any atom is -0.503 e. The van der Waals surface area contributed by atoms with Crippen molar-refractivity contribution in [2.24, 2.45) is 5.16 Å². The summed E-state index contributed by atoms with van der Waals surface area (Å²) in [4.78, 5) is 27.8. The van der Waals surface area contributed by atoms with Gasteiger partial charge >= 0.3 is 5.97 Å². The lowest BCUT2D eigenvalue weighted by Crippen LogP contribution is -2.07. The Hall–Kier alpha value is -2.63. The molecule has 0 amide bonds. The van der Waals surface area contributed by atoms with Gasteiger partial charge in [0.15, 0.2) is 0 Å². The van der Waals surface area contributed by atoms with Crippen LogP contribution in [0.15, 0.2) is 35.7 Å². The molecule has 0 fully saturated rings. The molecule has 0 radical (unpaired) electrons. The number of hydrogen-bond donors (Lipinski definition) is 0.